The molecule has 4 heteroatoms. The summed E-state index contributed by atoms with van der Waals surface area (Å²) in [5, 5.41) is 8.07. The van der Waals surface area contributed by atoms with Crippen LogP contribution < -0.4 is 5.32 Å². The SMILES string of the molecule is CCn1nc(C)c(CN2CCN[C@@H](C)C2)c1C. The lowest BCUT2D eigenvalue weighted by atomic mass is 10.1. The lowest BCUT2D eigenvalue weighted by molar-refractivity contribution is 0.199. The molecule has 0 aromatic carbocycles. The summed E-state index contributed by atoms with van der Waals surface area (Å²) in [5.74, 6) is 0. The minimum atomic E-state index is 0.602. The summed E-state index contributed by atoms with van der Waals surface area (Å²) in [6, 6.07) is 0.602. The monoisotopic (exact) mass is 236 g/mol. The molecular weight excluding hydrogens is 212 g/mol. The number of piperazine rings is 1. The van der Waals surface area contributed by atoms with Gasteiger partial charge in [0.15, 0.2) is 0 Å². The molecule has 0 unspecified atom stereocenters. The molecule has 1 aromatic rings. The van der Waals surface area contributed by atoms with E-state index in [1.165, 1.54) is 17.0 Å². The molecule has 17 heavy (non-hydrogen) atoms. The summed E-state index contributed by atoms with van der Waals surface area (Å²) in [7, 11) is 0. The molecule has 0 spiro atoms. The van der Waals surface area contributed by atoms with E-state index in [1.54, 1.807) is 0 Å². The first-order valence-electron chi connectivity index (χ1n) is 6.60. The van der Waals surface area contributed by atoms with Crippen LogP contribution in [0.2, 0.25) is 0 Å². The highest BCUT2D eigenvalue weighted by atomic mass is 15.3. The zero-order valence-corrected chi connectivity index (χ0v) is 11.5. The summed E-state index contributed by atoms with van der Waals surface area (Å²) >= 11 is 0. The van der Waals surface area contributed by atoms with Crippen LogP contribution in [0.25, 0.3) is 0 Å². The second-order valence-electron chi connectivity index (χ2n) is 5.06. The van der Waals surface area contributed by atoms with Gasteiger partial charge in [0.05, 0.1) is 5.69 Å². The van der Waals surface area contributed by atoms with Crippen LogP contribution in [0.15, 0.2) is 0 Å². The zero-order chi connectivity index (χ0) is 12.4. The van der Waals surface area contributed by atoms with Crippen LogP contribution in [0, 0.1) is 13.8 Å². The quantitative estimate of drug-likeness (QED) is 0.859. The molecule has 96 valence electrons. The lowest BCUT2D eigenvalue weighted by Crippen LogP contribution is -2.48. The second-order valence-corrected chi connectivity index (χ2v) is 5.06. The average molecular weight is 236 g/mol. The van der Waals surface area contributed by atoms with E-state index in [0.717, 1.165) is 32.7 Å². The first-order chi connectivity index (χ1) is 8.11. The molecule has 1 fully saturated rings. The summed E-state index contributed by atoms with van der Waals surface area (Å²) < 4.78 is 2.11. The van der Waals surface area contributed by atoms with Crippen LogP contribution in [0.3, 0.4) is 0 Å². The standard InChI is InChI=1S/C13H24N4/c1-5-17-12(4)13(11(3)15-17)9-16-7-6-14-10(2)8-16/h10,14H,5-9H2,1-4H3/t10-/m0/s1. The number of hydrogen-bond donors (Lipinski definition) is 1. The summed E-state index contributed by atoms with van der Waals surface area (Å²) in [5.41, 5.74) is 3.94. The Bertz CT molecular complexity index is 383. The first kappa shape index (κ1) is 12.6. The van der Waals surface area contributed by atoms with Crippen molar-refractivity contribution in [3.8, 4) is 0 Å². The Labute approximate surface area is 104 Å². The molecule has 0 bridgehead atoms. The number of aromatic nitrogens is 2. The zero-order valence-electron chi connectivity index (χ0n) is 11.5. The van der Waals surface area contributed by atoms with E-state index < -0.39 is 0 Å². The van der Waals surface area contributed by atoms with Gasteiger partial charge in [-0.25, -0.2) is 0 Å². The molecule has 2 rings (SSSR count). The molecule has 1 N–H and O–H groups in total. The minimum absolute atomic E-state index is 0.602. The molecule has 0 saturated carbocycles. The fraction of sp³-hybridized carbons (Fsp3) is 0.769. The Hall–Kier alpha value is -0.870. The van der Waals surface area contributed by atoms with Crippen molar-refractivity contribution < 1.29 is 0 Å². The molecule has 2 heterocycles. The Morgan fingerprint density at radius 2 is 2.18 bits per heavy atom. The Morgan fingerprint density at radius 3 is 2.76 bits per heavy atom. The van der Waals surface area contributed by atoms with Crippen LogP contribution in [0.4, 0.5) is 0 Å². The predicted molar refractivity (Wildman–Crippen MR) is 70.1 cm³/mol. The minimum Gasteiger partial charge on any atom is -0.312 e. The third-order valence-corrected chi connectivity index (χ3v) is 3.67. The van der Waals surface area contributed by atoms with E-state index >= 15 is 0 Å². The van der Waals surface area contributed by atoms with Gasteiger partial charge < -0.3 is 5.32 Å². The topological polar surface area (TPSA) is 33.1 Å². The lowest BCUT2D eigenvalue weighted by Gasteiger charge is -2.31. The Kier molecular flexibility index (Phi) is 3.84. The van der Waals surface area contributed by atoms with E-state index in [-0.39, 0.29) is 0 Å². The summed E-state index contributed by atoms with van der Waals surface area (Å²) in [6.45, 7) is 14.1. The Balaban J connectivity index is 2.10. The third kappa shape index (κ3) is 2.69. The highest BCUT2D eigenvalue weighted by Crippen LogP contribution is 2.16. The van der Waals surface area contributed by atoms with Crippen LogP contribution in [0.5, 0.6) is 0 Å². The number of hydrogen-bond acceptors (Lipinski definition) is 3. The van der Waals surface area contributed by atoms with Crippen molar-refractivity contribution in [2.75, 3.05) is 19.6 Å². The summed E-state index contributed by atoms with van der Waals surface area (Å²) in [6.07, 6.45) is 0. The van der Waals surface area contributed by atoms with Crippen LogP contribution >= 0.6 is 0 Å². The molecule has 1 saturated heterocycles. The largest absolute Gasteiger partial charge is 0.312 e. The fourth-order valence-corrected chi connectivity index (χ4v) is 2.65. The molecule has 1 aliphatic rings. The molecule has 1 atom stereocenters. The van der Waals surface area contributed by atoms with Gasteiger partial charge in [-0.1, -0.05) is 0 Å². The third-order valence-electron chi connectivity index (χ3n) is 3.67. The van der Waals surface area contributed by atoms with E-state index in [1.807, 2.05) is 0 Å². The van der Waals surface area contributed by atoms with Crippen LogP contribution in [0.1, 0.15) is 30.8 Å². The molecule has 0 amide bonds. The maximum atomic E-state index is 4.59. The molecular formula is C13H24N4. The van der Waals surface area contributed by atoms with Gasteiger partial charge >= 0.3 is 0 Å². The highest BCUT2D eigenvalue weighted by molar-refractivity contribution is 5.24. The van der Waals surface area contributed by atoms with E-state index in [9.17, 15) is 0 Å². The van der Waals surface area contributed by atoms with E-state index in [0.29, 0.717) is 6.04 Å². The van der Waals surface area contributed by atoms with Gasteiger partial charge in [-0.2, -0.15) is 5.10 Å². The normalized spacial score (nSPS) is 22.0. The summed E-state index contributed by atoms with van der Waals surface area (Å²) in [4.78, 5) is 2.53. The fourth-order valence-electron chi connectivity index (χ4n) is 2.65. The van der Waals surface area contributed by atoms with Gasteiger partial charge in [0.2, 0.25) is 0 Å². The van der Waals surface area contributed by atoms with Gasteiger partial charge in [0.1, 0.15) is 0 Å². The van der Waals surface area contributed by atoms with Gasteiger partial charge in [-0.15, -0.1) is 0 Å². The Morgan fingerprint density at radius 1 is 1.41 bits per heavy atom. The number of nitrogens with zero attached hydrogens (tertiary/aromatic N) is 3. The smallest absolute Gasteiger partial charge is 0.0641 e. The number of aryl methyl sites for hydroxylation is 2. The number of rotatable bonds is 3. The predicted octanol–water partition coefficient (Wildman–Crippen LogP) is 1.31. The molecule has 1 aliphatic heterocycles. The second kappa shape index (κ2) is 5.19. The van der Waals surface area contributed by atoms with Gasteiger partial charge in [-0.05, 0) is 27.7 Å². The van der Waals surface area contributed by atoms with Gasteiger partial charge in [-0.3, -0.25) is 9.58 Å². The van der Waals surface area contributed by atoms with Crippen molar-refractivity contribution in [2.24, 2.45) is 0 Å². The van der Waals surface area contributed by atoms with Crippen LogP contribution in [-0.2, 0) is 13.1 Å². The maximum absolute atomic E-state index is 4.59. The van der Waals surface area contributed by atoms with Gasteiger partial charge in [0.25, 0.3) is 0 Å². The molecule has 0 aliphatic carbocycles. The molecule has 0 radical (unpaired) electrons. The first-order valence-corrected chi connectivity index (χ1v) is 6.60. The molecule has 1 aromatic heterocycles. The molecule has 4 nitrogen and oxygen atoms in total. The van der Waals surface area contributed by atoms with Crippen molar-refractivity contribution >= 4 is 0 Å². The average Bonchev–Trinajstić information content (AvgIpc) is 2.56. The highest BCUT2D eigenvalue weighted by Gasteiger charge is 2.19. The van der Waals surface area contributed by atoms with Crippen molar-refractivity contribution in [1.82, 2.24) is 20.0 Å². The van der Waals surface area contributed by atoms with Crippen LogP contribution in [-0.4, -0.2) is 40.4 Å². The maximum Gasteiger partial charge on any atom is 0.0641 e. The number of nitrogens with one attached hydrogen (secondary N) is 1. The van der Waals surface area contributed by atoms with Crippen molar-refractivity contribution in [3.05, 3.63) is 17.0 Å². The van der Waals surface area contributed by atoms with E-state index in [2.05, 4.69) is 47.7 Å². The van der Waals surface area contributed by atoms with E-state index in [4.69, 9.17) is 0 Å². The van der Waals surface area contributed by atoms with Crippen molar-refractivity contribution in [2.45, 2.75) is 46.8 Å². The van der Waals surface area contributed by atoms with Gasteiger partial charge in [0, 0.05) is 50.0 Å². The van der Waals surface area contributed by atoms with Crippen molar-refractivity contribution in [1.29, 1.82) is 0 Å². The van der Waals surface area contributed by atoms with Crippen molar-refractivity contribution in [3.63, 3.8) is 0 Å².